The summed E-state index contributed by atoms with van der Waals surface area (Å²) < 4.78 is 5.03. The molecule has 0 spiro atoms. The van der Waals surface area contributed by atoms with Gasteiger partial charge in [0.1, 0.15) is 5.75 Å². The number of hydrogen-bond donors (Lipinski definition) is 1. The molecule has 0 aliphatic carbocycles. The summed E-state index contributed by atoms with van der Waals surface area (Å²) in [6.45, 7) is 2.68. The molecule has 66 valence electrons. The molecule has 0 bridgehead atoms. The monoisotopic (exact) mass is 166 g/mol. The van der Waals surface area contributed by atoms with Crippen molar-refractivity contribution in [1.29, 1.82) is 0 Å². The van der Waals surface area contributed by atoms with Gasteiger partial charge in [-0.3, -0.25) is 0 Å². The van der Waals surface area contributed by atoms with E-state index < -0.39 is 0 Å². The van der Waals surface area contributed by atoms with E-state index in [1.807, 2.05) is 6.07 Å². The van der Waals surface area contributed by atoms with Gasteiger partial charge in [-0.1, -0.05) is 13.0 Å². The van der Waals surface area contributed by atoms with Crippen molar-refractivity contribution in [1.82, 2.24) is 0 Å². The van der Waals surface area contributed by atoms with Crippen molar-refractivity contribution in [2.75, 3.05) is 7.11 Å². The maximum absolute atomic E-state index is 9.20. The second-order valence-electron chi connectivity index (χ2n) is 2.74. The van der Waals surface area contributed by atoms with Crippen LogP contribution in [-0.4, -0.2) is 12.2 Å². The molecule has 1 aromatic carbocycles. The summed E-state index contributed by atoms with van der Waals surface area (Å²) in [7, 11) is 1.67. The number of aryl methyl sites for hydroxylation is 1. The second-order valence-corrected chi connectivity index (χ2v) is 2.74. The average molecular weight is 166 g/mol. The van der Waals surface area contributed by atoms with Crippen LogP contribution in [0.25, 0.3) is 0 Å². The zero-order valence-corrected chi connectivity index (χ0v) is 7.50. The molecule has 0 radical (unpaired) electrons. The molecule has 0 aliphatic rings. The van der Waals surface area contributed by atoms with E-state index >= 15 is 0 Å². The predicted molar refractivity (Wildman–Crippen MR) is 48.2 cm³/mol. The third kappa shape index (κ3) is 1.98. The number of phenols is 1. The second kappa shape index (κ2) is 4.12. The smallest absolute Gasteiger partial charge is 0.115 e. The Kier molecular flexibility index (Phi) is 3.11. The van der Waals surface area contributed by atoms with Gasteiger partial charge in [0.25, 0.3) is 0 Å². The van der Waals surface area contributed by atoms with E-state index in [0.29, 0.717) is 12.4 Å². The summed E-state index contributed by atoms with van der Waals surface area (Å²) in [5.41, 5.74) is 2.30. The van der Waals surface area contributed by atoms with Crippen LogP contribution in [0.2, 0.25) is 0 Å². The zero-order chi connectivity index (χ0) is 8.97. The first kappa shape index (κ1) is 9.07. The van der Waals surface area contributed by atoms with Gasteiger partial charge in [-0.05, 0) is 29.7 Å². The first-order valence-electron chi connectivity index (χ1n) is 4.07. The van der Waals surface area contributed by atoms with Crippen LogP contribution in [0.3, 0.4) is 0 Å². The number of methoxy groups -OCH3 is 1. The Bertz CT molecular complexity index is 256. The Labute approximate surface area is 72.8 Å². The molecule has 0 atom stereocenters. The molecular formula is C10H14O2. The molecule has 0 fully saturated rings. The molecule has 1 N–H and O–H groups in total. The van der Waals surface area contributed by atoms with Crippen molar-refractivity contribution < 1.29 is 9.84 Å². The molecule has 1 aromatic rings. The molecule has 12 heavy (non-hydrogen) atoms. The lowest BCUT2D eigenvalue weighted by Crippen LogP contribution is -1.93. The fourth-order valence-corrected chi connectivity index (χ4v) is 1.24. The van der Waals surface area contributed by atoms with Gasteiger partial charge in [-0.25, -0.2) is 0 Å². The topological polar surface area (TPSA) is 29.5 Å². The summed E-state index contributed by atoms with van der Waals surface area (Å²) in [6.07, 6.45) is 0.924. The zero-order valence-electron chi connectivity index (χ0n) is 7.50. The Hall–Kier alpha value is -1.02. The Balaban J connectivity index is 2.94. The number of benzene rings is 1. The highest BCUT2D eigenvalue weighted by Crippen LogP contribution is 2.17. The molecular weight excluding hydrogens is 152 g/mol. The number of phenolic OH excluding ortho intramolecular Hbond substituents is 1. The van der Waals surface area contributed by atoms with Crippen LogP contribution in [0.5, 0.6) is 5.75 Å². The van der Waals surface area contributed by atoms with Gasteiger partial charge in [0, 0.05) is 7.11 Å². The maximum Gasteiger partial charge on any atom is 0.115 e. The van der Waals surface area contributed by atoms with Gasteiger partial charge < -0.3 is 9.84 Å². The van der Waals surface area contributed by atoms with E-state index in [9.17, 15) is 5.11 Å². The van der Waals surface area contributed by atoms with E-state index in [2.05, 4.69) is 6.92 Å². The molecule has 0 saturated heterocycles. The summed E-state index contributed by atoms with van der Waals surface area (Å²) in [6, 6.07) is 5.37. The minimum atomic E-state index is 0.326. The minimum absolute atomic E-state index is 0.326. The van der Waals surface area contributed by atoms with Crippen LogP contribution < -0.4 is 0 Å². The molecule has 0 aromatic heterocycles. The summed E-state index contributed by atoms with van der Waals surface area (Å²) in [5.74, 6) is 0.326. The van der Waals surface area contributed by atoms with Crippen molar-refractivity contribution >= 4 is 0 Å². The van der Waals surface area contributed by atoms with Gasteiger partial charge in [0.05, 0.1) is 6.61 Å². The van der Waals surface area contributed by atoms with Crippen LogP contribution in [0.1, 0.15) is 18.1 Å². The summed E-state index contributed by atoms with van der Waals surface area (Å²) in [4.78, 5) is 0. The number of hydrogen-bond acceptors (Lipinski definition) is 2. The van der Waals surface area contributed by atoms with E-state index in [-0.39, 0.29) is 0 Å². The Morgan fingerprint density at radius 3 is 2.67 bits per heavy atom. The third-order valence-electron chi connectivity index (χ3n) is 1.87. The SMILES string of the molecule is CCc1cc(O)ccc1COC. The normalized spacial score (nSPS) is 10.2. The van der Waals surface area contributed by atoms with Gasteiger partial charge in [0.2, 0.25) is 0 Å². The summed E-state index contributed by atoms with van der Waals surface area (Å²) >= 11 is 0. The lowest BCUT2D eigenvalue weighted by molar-refractivity contribution is 0.184. The molecule has 1 rings (SSSR count). The molecule has 0 amide bonds. The largest absolute Gasteiger partial charge is 0.508 e. The number of ether oxygens (including phenoxy) is 1. The van der Waals surface area contributed by atoms with Crippen LogP contribution in [0, 0.1) is 0 Å². The lowest BCUT2D eigenvalue weighted by atomic mass is 10.1. The fourth-order valence-electron chi connectivity index (χ4n) is 1.24. The van der Waals surface area contributed by atoms with Crippen molar-refractivity contribution in [2.45, 2.75) is 20.0 Å². The first-order valence-corrected chi connectivity index (χ1v) is 4.07. The maximum atomic E-state index is 9.20. The average Bonchev–Trinajstić information content (AvgIpc) is 2.08. The minimum Gasteiger partial charge on any atom is -0.508 e. The lowest BCUT2D eigenvalue weighted by Gasteiger charge is -2.06. The van der Waals surface area contributed by atoms with E-state index in [0.717, 1.165) is 17.5 Å². The molecule has 0 unspecified atom stereocenters. The number of aromatic hydroxyl groups is 1. The van der Waals surface area contributed by atoms with Crippen molar-refractivity contribution in [3.05, 3.63) is 29.3 Å². The highest BCUT2D eigenvalue weighted by atomic mass is 16.5. The fraction of sp³-hybridized carbons (Fsp3) is 0.400. The van der Waals surface area contributed by atoms with Crippen molar-refractivity contribution in [2.24, 2.45) is 0 Å². The van der Waals surface area contributed by atoms with Crippen LogP contribution in [0.15, 0.2) is 18.2 Å². The van der Waals surface area contributed by atoms with Crippen LogP contribution in [-0.2, 0) is 17.8 Å². The molecule has 0 saturated carbocycles. The highest BCUT2D eigenvalue weighted by Gasteiger charge is 2.00. The third-order valence-corrected chi connectivity index (χ3v) is 1.87. The molecule has 2 heteroatoms. The van der Waals surface area contributed by atoms with E-state index in [1.54, 1.807) is 19.2 Å². The van der Waals surface area contributed by atoms with Gasteiger partial charge >= 0.3 is 0 Å². The standard InChI is InChI=1S/C10H14O2/c1-3-8-6-10(11)5-4-9(8)7-12-2/h4-6,11H,3,7H2,1-2H3. The first-order chi connectivity index (χ1) is 5.77. The van der Waals surface area contributed by atoms with E-state index in [1.165, 1.54) is 0 Å². The molecule has 2 nitrogen and oxygen atoms in total. The summed E-state index contributed by atoms with van der Waals surface area (Å²) in [5, 5.41) is 9.20. The number of rotatable bonds is 3. The Morgan fingerprint density at radius 1 is 1.33 bits per heavy atom. The van der Waals surface area contributed by atoms with Crippen molar-refractivity contribution in [3.8, 4) is 5.75 Å². The highest BCUT2D eigenvalue weighted by molar-refractivity contribution is 5.34. The predicted octanol–water partition coefficient (Wildman–Crippen LogP) is 2.10. The van der Waals surface area contributed by atoms with Crippen LogP contribution in [0.4, 0.5) is 0 Å². The Morgan fingerprint density at radius 2 is 2.08 bits per heavy atom. The molecule has 0 aliphatic heterocycles. The van der Waals surface area contributed by atoms with Crippen molar-refractivity contribution in [3.63, 3.8) is 0 Å². The molecule has 0 heterocycles. The van der Waals surface area contributed by atoms with Crippen LogP contribution >= 0.6 is 0 Å². The van der Waals surface area contributed by atoms with E-state index in [4.69, 9.17) is 4.74 Å². The van der Waals surface area contributed by atoms with Gasteiger partial charge in [0.15, 0.2) is 0 Å². The van der Waals surface area contributed by atoms with Gasteiger partial charge in [-0.2, -0.15) is 0 Å². The van der Waals surface area contributed by atoms with Gasteiger partial charge in [-0.15, -0.1) is 0 Å². The quantitative estimate of drug-likeness (QED) is 0.745.